The molecule has 0 amide bonds. The highest BCUT2D eigenvalue weighted by Gasteiger charge is 2.15. The van der Waals surface area contributed by atoms with Gasteiger partial charge in [0, 0.05) is 12.6 Å². The lowest BCUT2D eigenvalue weighted by molar-refractivity contribution is 0.132. The smallest absolute Gasteiger partial charge is 0.0815 e. The van der Waals surface area contributed by atoms with Gasteiger partial charge >= 0.3 is 0 Å². The third kappa shape index (κ3) is 14.4. The van der Waals surface area contributed by atoms with Gasteiger partial charge in [-0.25, -0.2) is 0 Å². The molecule has 0 fully saturated rings. The molecule has 0 saturated carbocycles. The van der Waals surface area contributed by atoms with Crippen molar-refractivity contribution in [1.82, 2.24) is 5.32 Å². The van der Waals surface area contributed by atoms with Crippen LogP contribution < -0.4 is 11.1 Å². The number of nitrogens with one attached hydrogen (secondary N) is 1. The normalized spacial score (nSPS) is 14.1. The Labute approximate surface area is 119 Å². The molecule has 0 aromatic heterocycles. The molecule has 0 saturated heterocycles. The number of rotatable bonds is 8. The Bertz CT molecular complexity index is 157. The average Bonchev–Trinajstić information content (AvgIpc) is 2.10. The molecule has 0 aliphatic heterocycles. The molecule has 0 aliphatic carbocycles. The summed E-state index contributed by atoms with van der Waals surface area (Å²) < 4.78 is 0. The highest BCUT2D eigenvalue weighted by Crippen LogP contribution is 2.05. The molecule has 0 rings (SSSR count). The maximum atomic E-state index is 9.74. The Hall–Kier alpha value is 0.460. The second kappa shape index (κ2) is 12.9. The molecule has 4 N–H and O–H groups in total. The first kappa shape index (κ1) is 22.6. The van der Waals surface area contributed by atoms with E-state index < -0.39 is 6.10 Å². The fourth-order valence-electron chi connectivity index (χ4n) is 1.49. The summed E-state index contributed by atoms with van der Waals surface area (Å²) in [6, 6.07) is -0.100. The van der Waals surface area contributed by atoms with E-state index in [-0.39, 0.29) is 30.9 Å². The van der Waals surface area contributed by atoms with Crippen molar-refractivity contribution in [2.24, 2.45) is 17.6 Å². The van der Waals surface area contributed by atoms with Crippen LogP contribution in [0.2, 0.25) is 0 Å². The van der Waals surface area contributed by atoms with Gasteiger partial charge in [0.15, 0.2) is 0 Å². The predicted octanol–water partition coefficient (Wildman–Crippen LogP) is 2.20. The number of aliphatic hydroxyl groups is 1. The lowest BCUT2D eigenvalue weighted by Gasteiger charge is -2.21. The maximum Gasteiger partial charge on any atom is 0.0815 e. The van der Waals surface area contributed by atoms with E-state index >= 15 is 0 Å². The minimum absolute atomic E-state index is 0. The maximum absolute atomic E-state index is 9.74. The van der Waals surface area contributed by atoms with Crippen LogP contribution in [0.25, 0.3) is 0 Å². The van der Waals surface area contributed by atoms with Crippen molar-refractivity contribution in [1.29, 1.82) is 0 Å². The van der Waals surface area contributed by atoms with Crippen molar-refractivity contribution >= 4 is 24.8 Å². The quantitative estimate of drug-likeness (QED) is 0.600. The van der Waals surface area contributed by atoms with Crippen molar-refractivity contribution in [3.63, 3.8) is 0 Å². The Balaban J connectivity index is -0.000000980. The van der Waals surface area contributed by atoms with Gasteiger partial charge in [-0.2, -0.15) is 0 Å². The van der Waals surface area contributed by atoms with E-state index in [2.05, 4.69) is 33.0 Å². The monoisotopic (exact) mass is 288 g/mol. The van der Waals surface area contributed by atoms with Crippen LogP contribution in [-0.2, 0) is 0 Å². The van der Waals surface area contributed by atoms with Crippen molar-refractivity contribution < 1.29 is 5.11 Å². The molecule has 0 heterocycles. The fourth-order valence-corrected chi connectivity index (χ4v) is 1.49. The number of halogens is 2. The molecule has 0 aromatic rings. The highest BCUT2D eigenvalue weighted by molar-refractivity contribution is 5.85. The molecule has 0 aliphatic rings. The average molecular weight is 289 g/mol. The zero-order valence-corrected chi connectivity index (χ0v) is 13.1. The van der Waals surface area contributed by atoms with Crippen molar-refractivity contribution in [3.8, 4) is 0 Å². The highest BCUT2D eigenvalue weighted by atomic mass is 35.5. The van der Waals surface area contributed by atoms with Crippen LogP contribution in [0.1, 0.15) is 40.5 Å². The van der Waals surface area contributed by atoms with Gasteiger partial charge in [-0.1, -0.05) is 27.7 Å². The minimum Gasteiger partial charge on any atom is -0.390 e. The number of aliphatic hydroxyl groups excluding tert-OH is 1. The van der Waals surface area contributed by atoms with Crippen LogP contribution in [0.15, 0.2) is 0 Å². The Morgan fingerprint density at radius 1 is 1.06 bits per heavy atom. The van der Waals surface area contributed by atoms with E-state index in [0.717, 1.165) is 19.4 Å². The van der Waals surface area contributed by atoms with E-state index in [9.17, 15) is 5.11 Å². The van der Waals surface area contributed by atoms with Crippen LogP contribution in [0.3, 0.4) is 0 Å². The SMILES string of the molecule is CC(C)CCNCC(O)[C@@H](N)CC(C)C.Cl.Cl. The Morgan fingerprint density at radius 3 is 2.00 bits per heavy atom. The third-order valence-corrected chi connectivity index (χ3v) is 2.49. The summed E-state index contributed by atoms with van der Waals surface area (Å²) in [5.74, 6) is 1.25. The van der Waals surface area contributed by atoms with Gasteiger partial charge in [0.25, 0.3) is 0 Å². The molecule has 0 spiro atoms. The Kier molecular flexibility index (Phi) is 17.2. The van der Waals surface area contributed by atoms with Crippen molar-refractivity contribution in [2.75, 3.05) is 13.1 Å². The Morgan fingerprint density at radius 2 is 1.59 bits per heavy atom. The lowest BCUT2D eigenvalue weighted by atomic mass is 10.00. The molecule has 2 atom stereocenters. The van der Waals surface area contributed by atoms with E-state index in [1.807, 2.05) is 0 Å². The molecule has 17 heavy (non-hydrogen) atoms. The predicted molar refractivity (Wildman–Crippen MR) is 80.3 cm³/mol. The molecule has 0 bridgehead atoms. The summed E-state index contributed by atoms with van der Waals surface area (Å²) in [4.78, 5) is 0. The van der Waals surface area contributed by atoms with Gasteiger partial charge in [-0.05, 0) is 31.2 Å². The van der Waals surface area contributed by atoms with E-state index in [1.165, 1.54) is 0 Å². The molecular formula is C12H30Cl2N2O. The molecule has 108 valence electrons. The molecule has 5 heteroatoms. The summed E-state index contributed by atoms with van der Waals surface area (Å²) in [5.41, 5.74) is 5.87. The van der Waals surface area contributed by atoms with E-state index in [4.69, 9.17) is 5.73 Å². The molecular weight excluding hydrogens is 259 g/mol. The van der Waals surface area contributed by atoms with Crippen molar-refractivity contribution in [3.05, 3.63) is 0 Å². The summed E-state index contributed by atoms with van der Waals surface area (Å²) in [6.07, 6.45) is 1.61. The number of hydrogen-bond acceptors (Lipinski definition) is 3. The molecule has 0 aromatic carbocycles. The second-order valence-electron chi connectivity index (χ2n) is 5.25. The second-order valence-corrected chi connectivity index (χ2v) is 5.25. The first-order chi connectivity index (χ1) is 6.93. The van der Waals surface area contributed by atoms with Gasteiger partial charge < -0.3 is 16.2 Å². The summed E-state index contributed by atoms with van der Waals surface area (Å²) in [6.45, 7) is 10.2. The van der Waals surface area contributed by atoms with Crippen LogP contribution in [-0.4, -0.2) is 30.3 Å². The van der Waals surface area contributed by atoms with Crippen molar-refractivity contribution in [2.45, 2.75) is 52.7 Å². The van der Waals surface area contributed by atoms with Gasteiger partial charge in [0.1, 0.15) is 0 Å². The molecule has 3 nitrogen and oxygen atoms in total. The lowest BCUT2D eigenvalue weighted by Crippen LogP contribution is -2.42. The summed E-state index contributed by atoms with van der Waals surface area (Å²) in [5, 5.41) is 13.0. The zero-order chi connectivity index (χ0) is 11.8. The number of hydrogen-bond donors (Lipinski definition) is 3. The third-order valence-electron chi connectivity index (χ3n) is 2.49. The van der Waals surface area contributed by atoms with Crippen LogP contribution in [0.4, 0.5) is 0 Å². The van der Waals surface area contributed by atoms with Gasteiger partial charge in [-0.3, -0.25) is 0 Å². The molecule has 0 radical (unpaired) electrons. The van der Waals surface area contributed by atoms with E-state index in [1.54, 1.807) is 0 Å². The van der Waals surface area contributed by atoms with Gasteiger partial charge in [0.2, 0.25) is 0 Å². The van der Waals surface area contributed by atoms with E-state index in [0.29, 0.717) is 18.4 Å². The minimum atomic E-state index is -0.417. The number of nitrogens with two attached hydrogens (primary N) is 1. The largest absolute Gasteiger partial charge is 0.390 e. The van der Waals surface area contributed by atoms with Crippen LogP contribution in [0, 0.1) is 11.8 Å². The topological polar surface area (TPSA) is 58.3 Å². The first-order valence-corrected chi connectivity index (χ1v) is 6.07. The fraction of sp³-hybridized carbons (Fsp3) is 1.00. The first-order valence-electron chi connectivity index (χ1n) is 6.07. The van der Waals surface area contributed by atoms with Crippen LogP contribution >= 0.6 is 24.8 Å². The summed E-state index contributed by atoms with van der Waals surface area (Å²) in [7, 11) is 0. The standard InChI is InChI=1S/C12H28N2O.2ClH/c1-9(2)5-6-14-8-12(15)11(13)7-10(3)4;;/h9-12,14-15H,5-8,13H2,1-4H3;2*1H/t11-,12?;;/m0../s1. The summed E-state index contributed by atoms with van der Waals surface area (Å²) >= 11 is 0. The van der Waals surface area contributed by atoms with Crippen LogP contribution in [0.5, 0.6) is 0 Å². The van der Waals surface area contributed by atoms with Gasteiger partial charge in [-0.15, -0.1) is 24.8 Å². The zero-order valence-electron chi connectivity index (χ0n) is 11.5. The molecule has 1 unspecified atom stereocenters. The van der Waals surface area contributed by atoms with Gasteiger partial charge in [0.05, 0.1) is 6.10 Å².